The first-order chi connectivity index (χ1) is 13.9. The standard InChI is InChI=1S/C20H24FN7O/c1-12-8-28(10-15(12)9-27-5-4-16(29)11-27)18-17(21)7-22-19(25-18)26-20-23-13(2)6-14(3)24-20/h6-8,10,16,29H,4-5,9,11H2,1-3H3,(H,22,23,24,25,26). The molecule has 0 saturated carbocycles. The first-order valence-corrected chi connectivity index (χ1v) is 9.57. The second kappa shape index (κ2) is 7.84. The Morgan fingerprint density at radius 3 is 2.59 bits per heavy atom. The molecular formula is C20H24FN7O. The molecule has 29 heavy (non-hydrogen) atoms. The third-order valence-electron chi connectivity index (χ3n) is 4.95. The largest absolute Gasteiger partial charge is 0.392 e. The van der Waals surface area contributed by atoms with Crippen molar-refractivity contribution in [3.05, 3.63) is 53.0 Å². The Kier molecular flexibility index (Phi) is 5.25. The first-order valence-electron chi connectivity index (χ1n) is 9.57. The van der Waals surface area contributed by atoms with Crippen LogP contribution < -0.4 is 5.32 Å². The van der Waals surface area contributed by atoms with E-state index in [4.69, 9.17) is 0 Å². The molecule has 2 N–H and O–H groups in total. The fourth-order valence-corrected chi connectivity index (χ4v) is 3.56. The summed E-state index contributed by atoms with van der Waals surface area (Å²) in [5, 5.41) is 12.7. The van der Waals surface area contributed by atoms with Crippen molar-refractivity contribution in [2.45, 2.75) is 39.8 Å². The molecule has 9 heteroatoms. The summed E-state index contributed by atoms with van der Waals surface area (Å²) in [4.78, 5) is 19.1. The highest BCUT2D eigenvalue weighted by Crippen LogP contribution is 2.21. The third kappa shape index (κ3) is 4.41. The minimum absolute atomic E-state index is 0.155. The number of aliphatic hydroxyl groups is 1. The maximum Gasteiger partial charge on any atom is 0.231 e. The molecule has 1 fully saturated rings. The van der Waals surface area contributed by atoms with Crippen LogP contribution in [0.2, 0.25) is 0 Å². The summed E-state index contributed by atoms with van der Waals surface area (Å²) in [6.45, 7) is 7.97. The second-order valence-corrected chi connectivity index (χ2v) is 7.52. The summed E-state index contributed by atoms with van der Waals surface area (Å²) in [6.07, 6.45) is 5.39. The monoisotopic (exact) mass is 397 g/mol. The Morgan fingerprint density at radius 1 is 1.14 bits per heavy atom. The average Bonchev–Trinajstić information content (AvgIpc) is 3.22. The highest BCUT2D eigenvalue weighted by molar-refractivity contribution is 5.45. The zero-order valence-corrected chi connectivity index (χ0v) is 16.7. The molecule has 8 nitrogen and oxygen atoms in total. The van der Waals surface area contributed by atoms with E-state index in [1.54, 1.807) is 4.57 Å². The van der Waals surface area contributed by atoms with E-state index in [1.807, 2.05) is 39.2 Å². The number of likely N-dealkylation sites (tertiary alicyclic amines) is 1. The number of hydrogen-bond donors (Lipinski definition) is 2. The van der Waals surface area contributed by atoms with Gasteiger partial charge in [0.1, 0.15) is 0 Å². The fourth-order valence-electron chi connectivity index (χ4n) is 3.56. The van der Waals surface area contributed by atoms with Crippen molar-refractivity contribution in [1.82, 2.24) is 29.4 Å². The molecule has 1 atom stereocenters. The van der Waals surface area contributed by atoms with Crippen LogP contribution in [-0.4, -0.2) is 53.7 Å². The van der Waals surface area contributed by atoms with Crippen LogP contribution in [0.15, 0.2) is 24.7 Å². The van der Waals surface area contributed by atoms with Gasteiger partial charge in [-0.2, -0.15) is 4.98 Å². The molecule has 0 amide bonds. The molecule has 0 bridgehead atoms. The lowest BCUT2D eigenvalue weighted by molar-refractivity contribution is 0.174. The lowest BCUT2D eigenvalue weighted by atomic mass is 10.2. The number of aliphatic hydroxyl groups excluding tert-OH is 1. The van der Waals surface area contributed by atoms with Crippen molar-refractivity contribution in [2.75, 3.05) is 18.4 Å². The van der Waals surface area contributed by atoms with Crippen molar-refractivity contribution in [3.8, 4) is 5.82 Å². The molecule has 1 aliphatic heterocycles. The van der Waals surface area contributed by atoms with Crippen LogP contribution in [0.4, 0.5) is 16.3 Å². The highest BCUT2D eigenvalue weighted by atomic mass is 19.1. The molecule has 0 aromatic carbocycles. The molecule has 1 saturated heterocycles. The summed E-state index contributed by atoms with van der Waals surface area (Å²) in [5.41, 5.74) is 3.75. The van der Waals surface area contributed by atoms with Crippen molar-refractivity contribution in [3.63, 3.8) is 0 Å². The van der Waals surface area contributed by atoms with Gasteiger partial charge >= 0.3 is 0 Å². The van der Waals surface area contributed by atoms with E-state index in [0.717, 1.165) is 41.7 Å². The summed E-state index contributed by atoms with van der Waals surface area (Å²) in [6, 6.07) is 1.87. The van der Waals surface area contributed by atoms with E-state index < -0.39 is 5.82 Å². The van der Waals surface area contributed by atoms with Gasteiger partial charge in [-0.3, -0.25) is 10.2 Å². The molecule has 4 heterocycles. The molecule has 152 valence electrons. The van der Waals surface area contributed by atoms with E-state index in [1.165, 1.54) is 0 Å². The van der Waals surface area contributed by atoms with Gasteiger partial charge in [0.15, 0.2) is 11.6 Å². The van der Waals surface area contributed by atoms with Gasteiger partial charge < -0.3 is 9.67 Å². The Morgan fingerprint density at radius 2 is 1.90 bits per heavy atom. The van der Waals surface area contributed by atoms with Gasteiger partial charge in [-0.05, 0) is 44.4 Å². The van der Waals surface area contributed by atoms with E-state index in [-0.39, 0.29) is 17.9 Å². The topological polar surface area (TPSA) is 92.0 Å². The summed E-state index contributed by atoms with van der Waals surface area (Å²) in [5.74, 6) is 0.233. The number of halogens is 1. The van der Waals surface area contributed by atoms with Crippen LogP contribution in [0, 0.1) is 26.6 Å². The summed E-state index contributed by atoms with van der Waals surface area (Å²) >= 11 is 0. The van der Waals surface area contributed by atoms with Gasteiger partial charge in [0.05, 0.1) is 12.3 Å². The van der Waals surface area contributed by atoms with E-state index >= 15 is 0 Å². The van der Waals surface area contributed by atoms with E-state index in [2.05, 4.69) is 30.2 Å². The zero-order chi connectivity index (χ0) is 20.5. The summed E-state index contributed by atoms with van der Waals surface area (Å²) in [7, 11) is 0. The number of nitrogens with zero attached hydrogens (tertiary/aromatic N) is 6. The number of aryl methyl sites for hydroxylation is 3. The van der Waals surface area contributed by atoms with Crippen LogP contribution in [0.5, 0.6) is 0 Å². The van der Waals surface area contributed by atoms with Gasteiger partial charge in [-0.15, -0.1) is 0 Å². The third-order valence-corrected chi connectivity index (χ3v) is 4.95. The Hall–Kier alpha value is -2.91. The molecule has 3 aromatic heterocycles. The quantitative estimate of drug-likeness (QED) is 0.683. The fraction of sp³-hybridized carbons (Fsp3) is 0.400. The molecule has 1 unspecified atom stereocenters. The van der Waals surface area contributed by atoms with Crippen LogP contribution in [0.3, 0.4) is 0 Å². The molecule has 4 rings (SSSR count). The molecule has 1 aliphatic rings. The minimum atomic E-state index is -0.518. The number of hydrogen-bond acceptors (Lipinski definition) is 7. The lowest BCUT2D eigenvalue weighted by Gasteiger charge is -2.14. The number of β-amino-alcohol motifs (C(OH)–C–C–N with tert-alkyl or cyclic N) is 1. The van der Waals surface area contributed by atoms with Crippen molar-refractivity contribution in [2.24, 2.45) is 0 Å². The first kappa shape index (κ1) is 19.4. The van der Waals surface area contributed by atoms with E-state index in [9.17, 15) is 9.50 Å². The van der Waals surface area contributed by atoms with Crippen molar-refractivity contribution < 1.29 is 9.50 Å². The van der Waals surface area contributed by atoms with Gasteiger partial charge in [0.2, 0.25) is 11.9 Å². The van der Waals surface area contributed by atoms with Crippen molar-refractivity contribution >= 4 is 11.9 Å². The zero-order valence-electron chi connectivity index (χ0n) is 16.7. The predicted molar refractivity (Wildman–Crippen MR) is 107 cm³/mol. The molecule has 0 aliphatic carbocycles. The number of nitrogens with one attached hydrogen (secondary N) is 1. The highest BCUT2D eigenvalue weighted by Gasteiger charge is 2.21. The molecule has 0 spiro atoms. The Balaban J connectivity index is 1.58. The van der Waals surface area contributed by atoms with Gasteiger partial charge in [-0.25, -0.2) is 19.3 Å². The number of anilines is 2. The lowest BCUT2D eigenvalue weighted by Crippen LogP contribution is -2.21. The number of aromatic nitrogens is 5. The SMILES string of the molecule is Cc1cc(C)nc(Nc2ncc(F)c(-n3cc(C)c(CN4CCC(O)C4)c3)n2)n1. The van der Waals surface area contributed by atoms with Gasteiger partial charge in [0.25, 0.3) is 0 Å². The maximum absolute atomic E-state index is 14.5. The van der Waals surface area contributed by atoms with Gasteiger partial charge in [0, 0.05) is 43.4 Å². The average molecular weight is 397 g/mol. The van der Waals surface area contributed by atoms with Crippen LogP contribution >= 0.6 is 0 Å². The Labute approximate surface area is 168 Å². The number of rotatable bonds is 5. The van der Waals surface area contributed by atoms with Crippen LogP contribution in [0.1, 0.15) is 28.9 Å². The van der Waals surface area contributed by atoms with Gasteiger partial charge in [-0.1, -0.05) is 0 Å². The Bertz CT molecular complexity index is 1020. The molecule has 3 aromatic rings. The second-order valence-electron chi connectivity index (χ2n) is 7.52. The normalized spacial score (nSPS) is 17.1. The van der Waals surface area contributed by atoms with Crippen molar-refractivity contribution in [1.29, 1.82) is 0 Å². The smallest absolute Gasteiger partial charge is 0.231 e. The molecule has 0 radical (unpaired) electrons. The van der Waals surface area contributed by atoms with E-state index in [0.29, 0.717) is 19.0 Å². The maximum atomic E-state index is 14.5. The minimum Gasteiger partial charge on any atom is -0.392 e. The molecular weight excluding hydrogens is 373 g/mol. The summed E-state index contributed by atoms with van der Waals surface area (Å²) < 4.78 is 16.1. The predicted octanol–water partition coefficient (Wildman–Crippen LogP) is 2.43. The van der Waals surface area contributed by atoms with Crippen LogP contribution in [-0.2, 0) is 6.54 Å². The van der Waals surface area contributed by atoms with Crippen LogP contribution in [0.25, 0.3) is 5.82 Å².